The zero-order valence-corrected chi connectivity index (χ0v) is 20.6. The Bertz CT molecular complexity index is 1140. The van der Waals surface area contributed by atoms with Gasteiger partial charge in [-0.15, -0.1) is 0 Å². The van der Waals surface area contributed by atoms with Gasteiger partial charge in [-0.05, 0) is 66.4 Å². The van der Waals surface area contributed by atoms with Crippen LogP contribution in [-0.4, -0.2) is 42.9 Å². The van der Waals surface area contributed by atoms with E-state index in [2.05, 4.69) is 12.2 Å². The van der Waals surface area contributed by atoms with E-state index in [1.54, 1.807) is 6.07 Å². The van der Waals surface area contributed by atoms with Gasteiger partial charge in [-0.1, -0.05) is 48.9 Å². The summed E-state index contributed by atoms with van der Waals surface area (Å²) in [5.74, 6) is 1.79. The summed E-state index contributed by atoms with van der Waals surface area (Å²) >= 11 is 6.04. The molecule has 2 amide bonds. The highest BCUT2D eigenvalue weighted by atomic mass is 35.5. The summed E-state index contributed by atoms with van der Waals surface area (Å²) in [5, 5.41) is 3.56. The van der Waals surface area contributed by atoms with E-state index in [0.717, 1.165) is 36.5 Å². The Morgan fingerprint density at radius 3 is 2.43 bits per heavy atom. The fourth-order valence-electron chi connectivity index (χ4n) is 4.09. The molecular weight excluding hydrogens is 462 g/mol. The number of para-hydroxylation sites is 1. The fourth-order valence-corrected chi connectivity index (χ4v) is 4.30. The van der Waals surface area contributed by atoms with E-state index in [9.17, 15) is 9.59 Å². The van der Waals surface area contributed by atoms with Crippen LogP contribution in [0.1, 0.15) is 18.9 Å². The van der Waals surface area contributed by atoms with Crippen LogP contribution in [0.4, 0.5) is 5.69 Å². The maximum absolute atomic E-state index is 13.0. The summed E-state index contributed by atoms with van der Waals surface area (Å²) in [6.07, 6.45) is 1.01. The second kappa shape index (κ2) is 11.8. The number of hydrogen-bond acceptors (Lipinski definition) is 4. The largest absolute Gasteiger partial charge is 0.457 e. The molecule has 182 valence electrons. The van der Waals surface area contributed by atoms with Crippen molar-refractivity contribution in [2.24, 2.45) is 5.92 Å². The average molecular weight is 492 g/mol. The number of amides is 2. The number of ether oxygens (including phenoxy) is 1. The molecule has 0 radical (unpaired) electrons. The van der Waals surface area contributed by atoms with Crippen LogP contribution in [0, 0.1) is 5.92 Å². The molecule has 0 aromatic heterocycles. The Morgan fingerprint density at radius 2 is 1.74 bits per heavy atom. The zero-order valence-electron chi connectivity index (χ0n) is 19.8. The summed E-state index contributed by atoms with van der Waals surface area (Å²) in [6.45, 7) is 4.25. The number of nitrogens with zero attached hydrogens (tertiary/aromatic N) is 2. The molecule has 1 saturated heterocycles. The molecule has 3 aromatic rings. The fraction of sp³-hybridized carbons (Fsp3) is 0.286. The number of halogens is 1. The first-order valence-corrected chi connectivity index (χ1v) is 12.2. The third kappa shape index (κ3) is 7.23. The van der Waals surface area contributed by atoms with Crippen molar-refractivity contribution in [1.29, 1.82) is 0 Å². The third-order valence-electron chi connectivity index (χ3n) is 6.00. The van der Waals surface area contributed by atoms with Crippen molar-refractivity contribution in [1.82, 2.24) is 10.2 Å². The van der Waals surface area contributed by atoms with Crippen molar-refractivity contribution < 1.29 is 14.3 Å². The molecule has 4 rings (SSSR count). The topological polar surface area (TPSA) is 61.9 Å². The summed E-state index contributed by atoms with van der Waals surface area (Å²) < 4.78 is 5.88. The second-order valence-corrected chi connectivity index (χ2v) is 9.34. The first-order chi connectivity index (χ1) is 17.0. The first-order valence-electron chi connectivity index (χ1n) is 11.8. The highest BCUT2D eigenvalue weighted by Gasteiger charge is 2.25. The van der Waals surface area contributed by atoms with Gasteiger partial charge < -0.3 is 19.9 Å². The van der Waals surface area contributed by atoms with Gasteiger partial charge in [-0.25, -0.2) is 0 Å². The number of carbonyl (C=O) groups is 2. The normalized spacial score (nSPS) is 15.0. The molecule has 0 bridgehead atoms. The molecule has 0 saturated carbocycles. The highest BCUT2D eigenvalue weighted by Crippen LogP contribution is 2.25. The smallest absolute Gasteiger partial charge is 0.242 e. The van der Waals surface area contributed by atoms with Crippen molar-refractivity contribution in [3.63, 3.8) is 0 Å². The summed E-state index contributed by atoms with van der Waals surface area (Å²) in [7, 11) is 0. The maximum atomic E-state index is 13.0. The van der Waals surface area contributed by atoms with Crippen LogP contribution < -0.4 is 15.0 Å². The monoisotopic (exact) mass is 491 g/mol. The van der Waals surface area contributed by atoms with Crippen LogP contribution in [0.25, 0.3) is 0 Å². The molecule has 3 aromatic carbocycles. The minimum Gasteiger partial charge on any atom is -0.457 e. The van der Waals surface area contributed by atoms with Gasteiger partial charge in [-0.2, -0.15) is 0 Å². The SMILES string of the molecule is CC1CCN(C(=O)CN(CC(=O)NCc2cccc(Cl)c2)c2ccc(Oc3ccccc3)cc2)C1. The van der Waals surface area contributed by atoms with E-state index < -0.39 is 0 Å². The zero-order chi connectivity index (χ0) is 24.6. The van der Waals surface area contributed by atoms with Gasteiger partial charge in [-0.3, -0.25) is 9.59 Å². The van der Waals surface area contributed by atoms with Crippen LogP contribution in [0.3, 0.4) is 0 Å². The second-order valence-electron chi connectivity index (χ2n) is 8.91. The van der Waals surface area contributed by atoms with Crippen LogP contribution in [0.2, 0.25) is 5.02 Å². The molecular formula is C28H30ClN3O3. The predicted molar refractivity (Wildman–Crippen MR) is 139 cm³/mol. The molecule has 6 nitrogen and oxygen atoms in total. The number of benzene rings is 3. The van der Waals surface area contributed by atoms with Gasteiger partial charge in [0.2, 0.25) is 11.8 Å². The van der Waals surface area contributed by atoms with E-state index >= 15 is 0 Å². The van der Waals surface area contributed by atoms with Crippen LogP contribution in [0.15, 0.2) is 78.9 Å². The van der Waals surface area contributed by atoms with E-state index in [1.165, 1.54) is 0 Å². The molecule has 1 heterocycles. The minimum atomic E-state index is -0.169. The number of nitrogens with one attached hydrogen (secondary N) is 1. The Hall–Kier alpha value is -3.51. The summed E-state index contributed by atoms with van der Waals surface area (Å²) in [6, 6.07) is 24.4. The third-order valence-corrected chi connectivity index (χ3v) is 6.23. The van der Waals surface area contributed by atoms with E-state index in [1.807, 2.05) is 82.6 Å². The van der Waals surface area contributed by atoms with Gasteiger partial charge in [0.05, 0.1) is 13.1 Å². The maximum Gasteiger partial charge on any atom is 0.242 e. The van der Waals surface area contributed by atoms with Crippen molar-refractivity contribution in [2.45, 2.75) is 19.9 Å². The molecule has 35 heavy (non-hydrogen) atoms. The minimum absolute atomic E-state index is 0.0293. The molecule has 1 aliphatic rings. The molecule has 1 unspecified atom stereocenters. The Kier molecular flexibility index (Phi) is 8.27. The van der Waals surface area contributed by atoms with E-state index in [-0.39, 0.29) is 24.9 Å². The van der Waals surface area contributed by atoms with Crippen LogP contribution >= 0.6 is 11.6 Å². The Balaban J connectivity index is 1.44. The predicted octanol–water partition coefficient (Wildman–Crippen LogP) is 5.12. The van der Waals surface area contributed by atoms with Crippen LogP contribution in [-0.2, 0) is 16.1 Å². The van der Waals surface area contributed by atoms with Crippen molar-refractivity contribution in [3.8, 4) is 11.5 Å². The lowest BCUT2D eigenvalue weighted by atomic mass is 10.2. The molecule has 1 fully saturated rings. The average Bonchev–Trinajstić information content (AvgIpc) is 3.30. The lowest BCUT2D eigenvalue weighted by molar-refractivity contribution is -0.128. The Morgan fingerprint density at radius 1 is 1.00 bits per heavy atom. The molecule has 1 N–H and O–H groups in total. The molecule has 1 aliphatic heterocycles. The Labute approximate surface area is 211 Å². The van der Waals surface area contributed by atoms with E-state index in [4.69, 9.17) is 16.3 Å². The molecule has 1 atom stereocenters. The molecule has 7 heteroatoms. The first kappa shape index (κ1) is 24.6. The summed E-state index contributed by atoms with van der Waals surface area (Å²) in [4.78, 5) is 29.5. The lowest BCUT2D eigenvalue weighted by Crippen LogP contribution is -2.44. The van der Waals surface area contributed by atoms with Gasteiger partial charge in [0.25, 0.3) is 0 Å². The van der Waals surface area contributed by atoms with E-state index in [0.29, 0.717) is 23.2 Å². The highest BCUT2D eigenvalue weighted by molar-refractivity contribution is 6.30. The number of rotatable bonds is 9. The van der Waals surface area contributed by atoms with Gasteiger partial charge in [0.15, 0.2) is 0 Å². The van der Waals surface area contributed by atoms with Gasteiger partial charge in [0.1, 0.15) is 11.5 Å². The number of anilines is 1. The van der Waals surface area contributed by atoms with Gasteiger partial charge >= 0.3 is 0 Å². The van der Waals surface area contributed by atoms with Gasteiger partial charge in [0, 0.05) is 30.3 Å². The standard InChI is InChI=1S/C28H30ClN3O3/c1-21-14-15-31(18-21)28(34)20-32(19-27(33)30-17-22-6-5-7-23(29)16-22)24-10-12-26(13-11-24)35-25-8-3-2-4-9-25/h2-13,16,21H,14-15,17-20H2,1H3,(H,30,33). The number of hydrogen-bond donors (Lipinski definition) is 1. The quantitative estimate of drug-likeness (QED) is 0.451. The molecule has 0 spiro atoms. The number of carbonyl (C=O) groups excluding carboxylic acids is 2. The van der Waals surface area contributed by atoms with Crippen LogP contribution in [0.5, 0.6) is 11.5 Å². The van der Waals surface area contributed by atoms with Crippen molar-refractivity contribution in [2.75, 3.05) is 31.1 Å². The van der Waals surface area contributed by atoms with Crippen molar-refractivity contribution >= 4 is 29.1 Å². The van der Waals surface area contributed by atoms with Crippen molar-refractivity contribution in [3.05, 3.63) is 89.4 Å². The lowest BCUT2D eigenvalue weighted by Gasteiger charge is -2.26. The number of likely N-dealkylation sites (tertiary alicyclic amines) is 1. The summed E-state index contributed by atoms with van der Waals surface area (Å²) in [5.41, 5.74) is 1.70. The molecule has 0 aliphatic carbocycles.